The second kappa shape index (κ2) is 8.30. The topological polar surface area (TPSA) is 90.3 Å². The molecule has 3 rings (SSSR count). The fourth-order valence-electron chi connectivity index (χ4n) is 2.81. The Hall–Kier alpha value is -2.42. The minimum absolute atomic E-state index is 0.0438. The van der Waals surface area contributed by atoms with Crippen LogP contribution in [0.2, 0.25) is 5.02 Å². The Morgan fingerprint density at radius 3 is 2.68 bits per heavy atom. The van der Waals surface area contributed by atoms with Gasteiger partial charge in [0.15, 0.2) is 0 Å². The zero-order chi connectivity index (χ0) is 20.3. The standard InChI is InChI=1S/C19H20ClN3O4S/c1-3-23-17-7-5-13(9-15(17)12-21-23)11-22-28(25,26)18-8-6-14(10-16(18)20)19(24)27-4-2/h5-10,12,22H,3-4,11H2,1-2H3. The number of carbonyl (C=O) groups excluding carboxylic acids is 1. The fraction of sp³-hybridized carbons (Fsp3) is 0.263. The van der Waals surface area contributed by atoms with Crippen LogP contribution in [0.25, 0.3) is 10.9 Å². The van der Waals surface area contributed by atoms with Gasteiger partial charge in [-0.25, -0.2) is 17.9 Å². The normalized spacial score (nSPS) is 11.7. The van der Waals surface area contributed by atoms with Crippen LogP contribution in [0.4, 0.5) is 0 Å². The number of halogens is 1. The van der Waals surface area contributed by atoms with Crippen molar-refractivity contribution in [2.75, 3.05) is 6.61 Å². The van der Waals surface area contributed by atoms with E-state index in [1.165, 1.54) is 18.2 Å². The summed E-state index contributed by atoms with van der Waals surface area (Å²) in [6.45, 7) is 4.78. The van der Waals surface area contributed by atoms with Crippen LogP contribution in [0.1, 0.15) is 29.8 Å². The highest BCUT2D eigenvalue weighted by atomic mass is 35.5. The quantitative estimate of drug-likeness (QED) is 0.590. The molecule has 0 fully saturated rings. The Bertz CT molecular complexity index is 1130. The number of carbonyl (C=O) groups is 1. The Morgan fingerprint density at radius 1 is 1.21 bits per heavy atom. The number of nitrogens with one attached hydrogen (secondary N) is 1. The van der Waals surface area contributed by atoms with Gasteiger partial charge in [0.2, 0.25) is 10.0 Å². The molecular formula is C19H20ClN3O4S. The summed E-state index contributed by atoms with van der Waals surface area (Å²) in [6.07, 6.45) is 1.75. The highest BCUT2D eigenvalue weighted by Gasteiger charge is 2.20. The van der Waals surface area contributed by atoms with Gasteiger partial charge in [-0.05, 0) is 49.7 Å². The van der Waals surface area contributed by atoms with Gasteiger partial charge in [-0.2, -0.15) is 5.10 Å². The summed E-state index contributed by atoms with van der Waals surface area (Å²) in [4.78, 5) is 11.7. The van der Waals surface area contributed by atoms with Gasteiger partial charge in [0.05, 0.1) is 28.9 Å². The van der Waals surface area contributed by atoms with Crippen molar-refractivity contribution >= 4 is 38.5 Å². The van der Waals surface area contributed by atoms with Gasteiger partial charge < -0.3 is 4.74 Å². The zero-order valence-electron chi connectivity index (χ0n) is 15.5. The number of benzene rings is 2. The van der Waals surface area contributed by atoms with E-state index >= 15 is 0 Å². The van der Waals surface area contributed by atoms with Crippen LogP contribution in [-0.2, 0) is 27.8 Å². The number of rotatable bonds is 7. The van der Waals surface area contributed by atoms with Crippen molar-refractivity contribution in [1.29, 1.82) is 0 Å². The molecule has 28 heavy (non-hydrogen) atoms. The Kier molecular flexibility index (Phi) is 6.02. The average Bonchev–Trinajstić information content (AvgIpc) is 3.08. The first kappa shape index (κ1) is 20.3. The Balaban J connectivity index is 1.77. The maximum Gasteiger partial charge on any atom is 0.338 e. The summed E-state index contributed by atoms with van der Waals surface area (Å²) in [7, 11) is -3.85. The number of nitrogens with zero attached hydrogens (tertiary/aromatic N) is 2. The molecule has 1 aromatic heterocycles. The van der Waals surface area contributed by atoms with E-state index in [9.17, 15) is 13.2 Å². The molecule has 0 unspecified atom stereocenters. The molecule has 0 aliphatic rings. The molecule has 0 saturated carbocycles. The first-order chi connectivity index (χ1) is 13.4. The van der Waals surface area contributed by atoms with E-state index in [1.807, 2.05) is 29.8 Å². The minimum atomic E-state index is -3.85. The molecule has 148 valence electrons. The third-order valence-corrected chi connectivity index (χ3v) is 6.09. The van der Waals surface area contributed by atoms with Crippen LogP contribution in [0, 0.1) is 0 Å². The van der Waals surface area contributed by atoms with E-state index in [0.717, 1.165) is 23.0 Å². The molecule has 0 saturated heterocycles. The van der Waals surface area contributed by atoms with Crippen molar-refractivity contribution in [1.82, 2.24) is 14.5 Å². The molecule has 9 heteroatoms. The van der Waals surface area contributed by atoms with E-state index in [-0.39, 0.29) is 28.6 Å². The number of ether oxygens (including phenoxy) is 1. The predicted molar refractivity (Wildman–Crippen MR) is 107 cm³/mol. The zero-order valence-corrected chi connectivity index (χ0v) is 17.0. The molecule has 3 aromatic rings. The van der Waals surface area contributed by atoms with Gasteiger partial charge in [-0.3, -0.25) is 4.68 Å². The SMILES string of the molecule is CCOC(=O)c1ccc(S(=O)(=O)NCc2ccc3c(cnn3CC)c2)c(Cl)c1. The predicted octanol–water partition coefficient (Wildman–Crippen LogP) is 3.36. The van der Waals surface area contributed by atoms with Crippen molar-refractivity contribution < 1.29 is 17.9 Å². The highest BCUT2D eigenvalue weighted by molar-refractivity contribution is 7.89. The van der Waals surface area contributed by atoms with Crippen LogP contribution < -0.4 is 4.72 Å². The molecule has 0 aliphatic heterocycles. The molecule has 1 N–H and O–H groups in total. The van der Waals surface area contributed by atoms with E-state index in [0.29, 0.717) is 0 Å². The number of sulfonamides is 1. The first-order valence-electron chi connectivity index (χ1n) is 8.76. The third-order valence-electron chi connectivity index (χ3n) is 4.20. The molecule has 0 aliphatic carbocycles. The van der Waals surface area contributed by atoms with Crippen molar-refractivity contribution in [3.05, 3.63) is 58.7 Å². The van der Waals surface area contributed by atoms with Gasteiger partial charge in [0, 0.05) is 18.5 Å². The lowest BCUT2D eigenvalue weighted by molar-refractivity contribution is 0.0526. The lowest BCUT2D eigenvalue weighted by Gasteiger charge is -2.10. The van der Waals surface area contributed by atoms with Gasteiger partial charge >= 0.3 is 5.97 Å². The maximum absolute atomic E-state index is 12.6. The van der Waals surface area contributed by atoms with Crippen molar-refractivity contribution in [3.63, 3.8) is 0 Å². The van der Waals surface area contributed by atoms with Crippen molar-refractivity contribution in [3.8, 4) is 0 Å². The average molecular weight is 422 g/mol. The summed E-state index contributed by atoms with van der Waals surface area (Å²) in [5.41, 5.74) is 1.99. The smallest absolute Gasteiger partial charge is 0.338 e. The lowest BCUT2D eigenvalue weighted by atomic mass is 10.1. The monoisotopic (exact) mass is 421 g/mol. The fourth-order valence-corrected chi connectivity index (χ4v) is 4.38. The molecule has 0 amide bonds. The van der Waals surface area contributed by atoms with Crippen LogP contribution in [0.3, 0.4) is 0 Å². The number of hydrogen-bond donors (Lipinski definition) is 1. The Labute approximate surface area is 168 Å². The summed E-state index contributed by atoms with van der Waals surface area (Å²) >= 11 is 6.10. The minimum Gasteiger partial charge on any atom is -0.462 e. The van der Waals surface area contributed by atoms with Crippen molar-refractivity contribution in [2.24, 2.45) is 0 Å². The van der Waals surface area contributed by atoms with E-state index in [2.05, 4.69) is 9.82 Å². The van der Waals surface area contributed by atoms with Crippen LogP contribution in [-0.4, -0.2) is 30.8 Å². The maximum atomic E-state index is 12.6. The van der Waals surface area contributed by atoms with Gasteiger partial charge in [0.25, 0.3) is 0 Å². The number of esters is 1. The van der Waals surface area contributed by atoms with Crippen LogP contribution >= 0.6 is 11.6 Å². The molecule has 1 heterocycles. The largest absolute Gasteiger partial charge is 0.462 e. The van der Waals surface area contributed by atoms with Crippen molar-refractivity contribution in [2.45, 2.75) is 31.8 Å². The molecule has 0 atom stereocenters. The van der Waals surface area contributed by atoms with Crippen LogP contribution in [0.5, 0.6) is 0 Å². The Morgan fingerprint density at radius 2 is 2.00 bits per heavy atom. The van der Waals surface area contributed by atoms with Gasteiger partial charge in [0.1, 0.15) is 4.90 Å². The summed E-state index contributed by atoms with van der Waals surface area (Å²) in [6, 6.07) is 9.62. The molecule has 2 aromatic carbocycles. The second-order valence-electron chi connectivity index (χ2n) is 6.04. The third kappa shape index (κ3) is 4.19. The van der Waals surface area contributed by atoms with E-state index < -0.39 is 16.0 Å². The molecule has 0 radical (unpaired) electrons. The number of aryl methyl sites for hydroxylation is 1. The summed E-state index contributed by atoms with van der Waals surface area (Å²) in [5, 5.41) is 5.18. The molecule has 7 nitrogen and oxygen atoms in total. The highest BCUT2D eigenvalue weighted by Crippen LogP contribution is 2.24. The number of aromatic nitrogens is 2. The number of hydrogen-bond acceptors (Lipinski definition) is 5. The van der Waals surface area contributed by atoms with Gasteiger partial charge in [-0.1, -0.05) is 17.7 Å². The second-order valence-corrected chi connectivity index (χ2v) is 8.19. The molecule has 0 bridgehead atoms. The lowest BCUT2D eigenvalue weighted by Crippen LogP contribution is -2.23. The summed E-state index contributed by atoms with van der Waals surface area (Å²) < 4.78 is 34.5. The summed E-state index contributed by atoms with van der Waals surface area (Å²) in [5.74, 6) is -0.553. The van der Waals surface area contributed by atoms with E-state index in [4.69, 9.17) is 16.3 Å². The van der Waals surface area contributed by atoms with E-state index in [1.54, 1.807) is 13.1 Å². The molecule has 0 spiro atoms. The van der Waals surface area contributed by atoms with Crippen LogP contribution in [0.15, 0.2) is 47.5 Å². The van der Waals surface area contributed by atoms with Gasteiger partial charge in [-0.15, -0.1) is 0 Å². The number of fused-ring (bicyclic) bond motifs is 1. The first-order valence-corrected chi connectivity index (χ1v) is 10.6. The molecular weight excluding hydrogens is 402 g/mol.